The molecule has 29 heavy (non-hydrogen) atoms. The van der Waals surface area contributed by atoms with Crippen molar-refractivity contribution in [1.29, 1.82) is 0 Å². The monoisotopic (exact) mass is 454 g/mol. The van der Waals surface area contributed by atoms with E-state index in [0.717, 1.165) is 10.0 Å². The van der Waals surface area contributed by atoms with Crippen molar-refractivity contribution in [3.05, 3.63) is 87.9 Å². The first-order chi connectivity index (χ1) is 14.1. The number of benzene rings is 3. The van der Waals surface area contributed by atoms with Crippen molar-refractivity contribution >= 4 is 28.1 Å². The lowest BCUT2D eigenvalue weighted by molar-refractivity contribution is 0.0950. The zero-order valence-electron chi connectivity index (χ0n) is 15.6. The van der Waals surface area contributed by atoms with Crippen LogP contribution in [-0.2, 0) is 6.61 Å². The largest absolute Gasteiger partial charge is 0.507 e. The standard InChI is InChI=1S/C22H19BrN2O4/c1-28-18-10-11-20(26)16(12-18)13-24-25-22(27)19-4-2-3-5-21(19)29-14-15-6-8-17(23)9-7-15/h2-13,26H,14H2,1H3,(H,25,27). The predicted molar refractivity (Wildman–Crippen MR) is 115 cm³/mol. The summed E-state index contributed by atoms with van der Waals surface area (Å²) in [5, 5.41) is 13.8. The summed E-state index contributed by atoms with van der Waals surface area (Å²) in [5.74, 6) is 0.631. The molecule has 148 valence electrons. The summed E-state index contributed by atoms with van der Waals surface area (Å²) in [4.78, 5) is 12.5. The van der Waals surface area contributed by atoms with Crippen molar-refractivity contribution < 1.29 is 19.4 Å². The number of halogens is 1. The van der Waals surface area contributed by atoms with Crippen LogP contribution in [0.5, 0.6) is 17.2 Å². The Hall–Kier alpha value is -3.32. The van der Waals surface area contributed by atoms with Crippen LogP contribution in [0.4, 0.5) is 0 Å². The molecule has 0 heterocycles. The third-order valence-corrected chi connectivity index (χ3v) is 4.57. The van der Waals surface area contributed by atoms with Gasteiger partial charge in [0.25, 0.3) is 5.91 Å². The first kappa shape index (κ1) is 20.4. The van der Waals surface area contributed by atoms with Crippen molar-refractivity contribution in [3.63, 3.8) is 0 Å². The maximum atomic E-state index is 12.5. The number of aromatic hydroxyl groups is 1. The number of hydrogen-bond acceptors (Lipinski definition) is 5. The maximum Gasteiger partial charge on any atom is 0.275 e. The molecule has 0 fully saturated rings. The topological polar surface area (TPSA) is 80.2 Å². The van der Waals surface area contributed by atoms with Gasteiger partial charge in [0.05, 0.1) is 18.9 Å². The second kappa shape index (κ2) is 9.75. The fraction of sp³-hybridized carbons (Fsp3) is 0.0909. The zero-order chi connectivity index (χ0) is 20.6. The molecule has 3 rings (SSSR count). The minimum atomic E-state index is -0.421. The highest BCUT2D eigenvalue weighted by atomic mass is 79.9. The number of carbonyl (C=O) groups is 1. The normalized spacial score (nSPS) is 10.7. The third kappa shape index (κ3) is 5.58. The summed E-state index contributed by atoms with van der Waals surface area (Å²) in [6, 6.07) is 19.4. The summed E-state index contributed by atoms with van der Waals surface area (Å²) in [6.45, 7) is 0.332. The van der Waals surface area contributed by atoms with E-state index in [0.29, 0.717) is 29.2 Å². The van der Waals surface area contributed by atoms with E-state index in [1.165, 1.54) is 19.4 Å². The molecule has 1 amide bonds. The summed E-state index contributed by atoms with van der Waals surface area (Å²) in [6.07, 6.45) is 1.35. The van der Waals surface area contributed by atoms with E-state index in [1.54, 1.807) is 36.4 Å². The molecule has 0 unspecified atom stereocenters. The van der Waals surface area contributed by atoms with Crippen LogP contribution in [0.3, 0.4) is 0 Å². The number of phenols is 1. The lowest BCUT2D eigenvalue weighted by Gasteiger charge is -2.10. The van der Waals surface area contributed by atoms with Crippen LogP contribution in [0.15, 0.2) is 76.3 Å². The molecule has 0 radical (unpaired) electrons. The number of para-hydroxylation sites is 1. The second-order valence-corrected chi connectivity index (χ2v) is 6.95. The van der Waals surface area contributed by atoms with E-state index in [-0.39, 0.29) is 5.75 Å². The van der Waals surface area contributed by atoms with Gasteiger partial charge >= 0.3 is 0 Å². The van der Waals surface area contributed by atoms with Crippen LogP contribution in [-0.4, -0.2) is 24.3 Å². The Balaban J connectivity index is 1.67. The van der Waals surface area contributed by atoms with Crippen LogP contribution in [0.25, 0.3) is 0 Å². The fourth-order valence-corrected chi connectivity index (χ4v) is 2.77. The van der Waals surface area contributed by atoms with Gasteiger partial charge < -0.3 is 14.6 Å². The highest BCUT2D eigenvalue weighted by molar-refractivity contribution is 9.10. The molecule has 3 aromatic carbocycles. The molecule has 6 nitrogen and oxygen atoms in total. The van der Waals surface area contributed by atoms with E-state index in [9.17, 15) is 9.90 Å². The van der Waals surface area contributed by atoms with Gasteiger partial charge in [-0.1, -0.05) is 40.2 Å². The highest BCUT2D eigenvalue weighted by Crippen LogP contribution is 2.22. The Morgan fingerprint density at radius 3 is 2.66 bits per heavy atom. The minimum Gasteiger partial charge on any atom is -0.507 e. The summed E-state index contributed by atoms with van der Waals surface area (Å²) in [5.41, 5.74) is 4.21. The quantitative estimate of drug-likeness (QED) is 0.406. The average molecular weight is 455 g/mol. The Kier molecular flexibility index (Phi) is 6.86. The fourth-order valence-electron chi connectivity index (χ4n) is 2.51. The Labute approximate surface area is 176 Å². The molecule has 0 aliphatic carbocycles. The van der Waals surface area contributed by atoms with Gasteiger partial charge in [0.1, 0.15) is 23.9 Å². The third-order valence-electron chi connectivity index (χ3n) is 4.04. The zero-order valence-corrected chi connectivity index (χ0v) is 17.2. The van der Waals surface area contributed by atoms with Crippen molar-refractivity contribution in [3.8, 4) is 17.2 Å². The van der Waals surface area contributed by atoms with Gasteiger partial charge in [-0.3, -0.25) is 4.79 Å². The molecule has 0 aliphatic rings. The first-order valence-corrected chi connectivity index (χ1v) is 9.53. The number of rotatable bonds is 7. The van der Waals surface area contributed by atoms with Gasteiger partial charge in [-0.15, -0.1) is 0 Å². The second-order valence-electron chi connectivity index (χ2n) is 6.04. The van der Waals surface area contributed by atoms with E-state index in [4.69, 9.17) is 9.47 Å². The number of amides is 1. The smallest absolute Gasteiger partial charge is 0.275 e. The molecular formula is C22H19BrN2O4. The number of nitrogens with zero attached hydrogens (tertiary/aromatic N) is 1. The number of hydrazone groups is 1. The average Bonchev–Trinajstić information content (AvgIpc) is 2.75. The molecule has 0 aliphatic heterocycles. The van der Waals surface area contributed by atoms with Crippen LogP contribution in [0.2, 0.25) is 0 Å². The lowest BCUT2D eigenvalue weighted by atomic mass is 10.2. The van der Waals surface area contributed by atoms with Crippen molar-refractivity contribution in [2.45, 2.75) is 6.61 Å². The predicted octanol–water partition coefficient (Wildman–Crippen LogP) is 4.51. The molecule has 2 N–H and O–H groups in total. The van der Waals surface area contributed by atoms with Gasteiger partial charge in [0, 0.05) is 10.0 Å². The van der Waals surface area contributed by atoms with Gasteiger partial charge in [-0.2, -0.15) is 5.10 Å². The van der Waals surface area contributed by atoms with Crippen LogP contribution in [0.1, 0.15) is 21.5 Å². The molecule has 0 saturated heterocycles. The van der Waals surface area contributed by atoms with Crippen molar-refractivity contribution in [2.75, 3.05) is 7.11 Å². The SMILES string of the molecule is COc1ccc(O)c(C=NNC(=O)c2ccccc2OCc2ccc(Br)cc2)c1. The van der Waals surface area contributed by atoms with Crippen LogP contribution in [0, 0.1) is 0 Å². The van der Waals surface area contributed by atoms with E-state index in [2.05, 4.69) is 26.5 Å². The van der Waals surface area contributed by atoms with E-state index in [1.807, 2.05) is 24.3 Å². The number of methoxy groups -OCH3 is 1. The summed E-state index contributed by atoms with van der Waals surface area (Å²) < 4.78 is 11.9. The first-order valence-electron chi connectivity index (χ1n) is 8.73. The molecule has 0 spiro atoms. The Morgan fingerprint density at radius 1 is 1.14 bits per heavy atom. The van der Waals surface area contributed by atoms with Crippen molar-refractivity contribution in [2.24, 2.45) is 5.10 Å². The number of hydrogen-bond donors (Lipinski definition) is 2. The Bertz CT molecular complexity index is 1020. The van der Waals surface area contributed by atoms with Gasteiger partial charge in [0.15, 0.2) is 0 Å². The minimum absolute atomic E-state index is 0.0297. The molecule has 3 aromatic rings. The van der Waals surface area contributed by atoms with Gasteiger partial charge in [-0.25, -0.2) is 5.43 Å². The Morgan fingerprint density at radius 2 is 1.90 bits per heavy atom. The number of phenolic OH excluding ortho intramolecular Hbond substituents is 1. The maximum absolute atomic E-state index is 12.5. The number of carbonyl (C=O) groups excluding carboxylic acids is 1. The van der Waals surface area contributed by atoms with Gasteiger partial charge in [-0.05, 0) is 48.0 Å². The molecule has 0 atom stereocenters. The van der Waals surface area contributed by atoms with E-state index < -0.39 is 5.91 Å². The molecular weight excluding hydrogens is 436 g/mol. The van der Waals surface area contributed by atoms with Gasteiger partial charge in [0.2, 0.25) is 0 Å². The highest BCUT2D eigenvalue weighted by Gasteiger charge is 2.11. The van der Waals surface area contributed by atoms with Crippen LogP contribution >= 0.6 is 15.9 Å². The molecule has 0 aromatic heterocycles. The molecule has 0 bridgehead atoms. The number of ether oxygens (including phenoxy) is 2. The molecule has 7 heteroatoms. The summed E-state index contributed by atoms with van der Waals surface area (Å²) in [7, 11) is 1.53. The van der Waals surface area contributed by atoms with E-state index >= 15 is 0 Å². The van der Waals surface area contributed by atoms with Crippen LogP contribution < -0.4 is 14.9 Å². The lowest BCUT2D eigenvalue weighted by Crippen LogP contribution is -2.18. The molecule has 0 saturated carbocycles. The summed E-state index contributed by atoms with van der Waals surface area (Å²) >= 11 is 3.40. The number of nitrogens with one attached hydrogen (secondary N) is 1. The van der Waals surface area contributed by atoms with Crippen molar-refractivity contribution in [1.82, 2.24) is 5.43 Å².